The van der Waals surface area contributed by atoms with E-state index < -0.39 is 11.3 Å². The van der Waals surface area contributed by atoms with E-state index in [-0.39, 0.29) is 5.78 Å². The van der Waals surface area contributed by atoms with Crippen LogP contribution >= 0.6 is 11.6 Å². The number of hydrogen-bond donors (Lipinski definition) is 0. The van der Waals surface area contributed by atoms with Crippen LogP contribution in [0, 0.1) is 34.0 Å². The Morgan fingerprint density at radius 2 is 1.83 bits per heavy atom. The topological polar surface area (TPSA) is 64.7 Å². The summed E-state index contributed by atoms with van der Waals surface area (Å²) in [6.45, 7) is 0. The average molecular weight is 259 g/mol. The van der Waals surface area contributed by atoms with E-state index in [9.17, 15) is 4.79 Å². The highest BCUT2D eigenvalue weighted by Crippen LogP contribution is 2.50. The summed E-state index contributed by atoms with van der Waals surface area (Å²) >= 11 is 5.80. The molecule has 0 radical (unpaired) electrons. The third kappa shape index (κ3) is 2.37. The molecule has 3 nitrogen and oxygen atoms in total. The van der Waals surface area contributed by atoms with Crippen molar-refractivity contribution in [1.29, 1.82) is 10.5 Å². The second-order valence-electron chi connectivity index (χ2n) is 4.64. The molecule has 90 valence electrons. The molecule has 1 fully saturated rings. The van der Waals surface area contributed by atoms with Crippen LogP contribution in [0.1, 0.15) is 18.4 Å². The van der Waals surface area contributed by atoms with E-state index in [4.69, 9.17) is 22.1 Å². The zero-order valence-electron chi connectivity index (χ0n) is 9.69. The molecule has 0 aromatic heterocycles. The van der Waals surface area contributed by atoms with Crippen molar-refractivity contribution in [3.63, 3.8) is 0 Å². The number of carbonyl (C=O) groups is 1. The van der Waals surface area contributed by atoms with Gasteiger partial charge in [0.1, 0.15) is 0 Å². The molecule has 0 saturated heterocycles. The van der Waals surface area contributed by atoms with Gasteiger partial charge in [-0.15, -0.1) is 0 Å². The van der Waals surface area contributed by atoms with Gasteiger partial charge < -0.3 is 0 Å². The lowest BCUT2D eigenvalue weighted by atomic mass is 9.86. The Bertz CT molecular complexity index is 533. The Morgan fingerprint density at radius 1 is 1.28 bits per heavy atom. The Kier molecular flexibility index (Phi) is 3.36. The number of benzene rings is 1. The van der Waals surface area contributed by atoms with Crippen LogP contribution in [0.15, 0.2) is 24.3 Å². The fourth-order valence-electron chi connectivity index (χ4n) is 2.11. The molecule has 0 heterocycles. The Balaban J connectivity index is 2.14. The van der Waals surface area contributed by atoms with Crippen molar-refractivity contribution < 1.29 is 4.79 Å². The van der Waals surface area contributed by atoms with E-state index in [1.54, 1.807) is 24.3 Å². The standard InChI is InChI=1S/C14H11ClN2O/c15-12-3-1-10(2-4-12)7-14(5-6-14)13(18)11(8-16)9-17/h1-4,11H,5-7H2. The van der Waals surface area contributed by atoms with Crippen LogP contribution in [0.3, 0.4) is 0 Å². The molecule has 1 aromatic carbocycles. The van der Waals surface area contributed by atoms with E-state index in [0.29, 0.717) is 11.4 Å². The molecule has 0 N–H and O–H groups in total. The molecule has 4 heteroatoms. The van der Waals surface area contributed by atoms with Gasteiger partial charge in [-0.3, -0.25) is 4.79 Å². The first-order valence-electron chi connectivity index (χ1n) is 5.69. The highest BCUT2D eigenvalue weighted by atomic mass is 35.5. The van der Waals surface area contributed by atoms with Crippen molar-refractivity contribution >= 4 is 17.4 Å². The first-order valence-corrected chi connectivity index (χ1v) is 6.07. The zero-order valence-corrected chi connectivity index (χ0v) is 10.4. The molecular weight excluding hydrogens is 248 g/mol. The molecule has 0 unspecified atom stereocenters. The molecule has 0 atom stereocenters. The normalized spacial score (nSPS) is 15.8. The maximum Gasteiger partial charge on any atom is 0.191 e. The van der Waals surface area contributed by atoms with Crippen LogP contribution in [0.25, 0.3) is 0 Å². The summed E-state index contributed by atoms with van der Waals surface area (Å²) in [5, 5.41) is 18.2. The number of nitrogens with zero attached hydrogens (tertiary/aromatic N) is 2. The molecule has 0 aliphatic heterocycles. The third-order valence-electron chi connectivity index (χ3n) is 3.35. The minimum absolute atomic E-state index is 0.234. The number of hydrogen-bond acceptors (Lipinski definition) is 3. The summed E-state index contributed by atoms with van der Waals surface area (Å²) < 4.78 is 0. The monoisotopic (exact) mass is 258 g/mol. The fraction of sp³-hybridized carbons (Fsp3) is 0.357. The second kappa shape index (κ2) is 4.80. The Labute approximate surface area is 111 Å². The van der Waals surface area contributed by atoms with Crippen LogP contribution < -0.4 is 0 Å². The number of carbonyl (C=O) groups excluding carboxylic acids is 1. The minimum atomic E-state index is -1.14. The number of ketones is 1. The Morgan fingerprint density at radius 3 is 2.28 bits per heavy atom. The number of Topliss-reactive ketones (excluding diaryl/α,β-unsaturated/α-hetero) is 1. The molecule has 1 aromatic rings. The van der Waals surface area contributed by atoms with Crippen LogP contribution in [-0.4, -0.2) is 5.78 Å². The zero-order chi connectivity index (χ0) is 13.2. The maximum atomic E-state index is 12.1. The predicted octanol–water partition coefficient (Wildman–Crippen LogP) is 2.90. The lowest BCUT2D eigenvalue weighted by Gasteiger charge is -2.14. The van der Waals surface area contributed by atoms with Crippen molar-refractivity contribution in [2.24, 2.45) is 11.3 Å². The van der Waals surface area contributed by atoms with E-state index in [2.05, 4.69) is 0 Å². The van der Waals surface area contributed by atoms with Gasteiger partial charge in [0.25, 0.3) is 0 Å². The fourth-order valence-corrected chi connectivity index (χ4v) is 2.23. The quantitative estimate of drug-likeness (QED) is 0.834. The third-order valence-corrected chi connectivity index (χ3v) is 3.60. The van der Waals surface area contributed by atoms with E-state index in [0.717, 1.165) is 18.4 Å². The van der Waals surface area contributed by atoms with E-state index >= 15 is 0 Å². The number of nitriles is 2. The SMILES string of the molecule is N#CC(C#N)C(=O)C1(Cc2ccc(Cl)cc2)CC1. The van der Waals surface area contributed by atoms with Crippen LogP contribution in [0.2, 0.25) is 5.02 Å². The largest absolute Gasteiger partial charge is 0.296 e. The van der Waals surface area contributed by atoms with Crippen molar-refractivity contribution in [2.45, 2.75) is 19.3 Å². The molecule has 0 spiro atoms. The van der Waals surface area contributed by atoms with Crippen molar-refractivity contribution in [2.75, 3.05) is 0 Å². The average Bonchev–Trinajstić information content (AvgIpc) is 3.15. The summed E-state index contributed by atoms with van der Waals surface area (Å²) in [4.78, 5) is 12.1. The van der Waals surface area contributed by atoms with Gasteiger partial charge in [0.15, 0.2) is 11.7 Å². The highest BCUT2D eigenvalue weighted by molar-refractivity contribution is 6.30. The van der Waals surface area contributed by atoms with Gasteiger partial charge in [-0.25, -0.2) is 0 Å². The van der Waals surface area contributed by atoms with Gasteiger partial charge in [-0.05, 0) is 37.0 Å². The van der Waals surface area contributed by atoms with Crippen LogP contribution in [0.4, 0.5) is 0 Å². The molecule has 1 aliphatic carbocycles. The van der Waals surface area contributed by atoms with Gasteiger partial charge >= 0.3 is 0 Å². The summed E-state index contributed by atoms with van der Waals surface area (Å²) in [7, 11) is 0. The van der Waals surface area contributed by atoms with Crippen LogP contribution in [0.5, 0.6) is 0 Å². The summed E-state index contributed by atoms with van der Waals surface area (Å²) in [5.41, 5.74) is 0.518. The maximum absolute atomic E-state index is 12.1. The molecule has 1 aliphatic rings. The summed E-state index contributed by atoms with van der Waals surface area (Å²) in [5.74, 6) is -1.37. The van der Waals surface area contributed by atoms with Gasteiger partial charge in [-0.1, -0.05) is 23.7 Å². The van der Waals surface area contributed by atoms with Gasteiger partial charge in [0.05, 0.1) is 12.1 Å². The lowest BCUT2D eigenvalue weighted by molar-refractivity contribution is -0.125. The molecule has 1 saturated carbocycles. The molecule has 0 bridgehead atoms. The molecule has 18 heavy (non-hydrogen) atoms. The van der Waals surface area contributed by atoms with Crippen LogP contribution in [-0.2, 0) is 11.2 Å². The smallest absolute Gasteiger partial charge is 0.191 e. The summed E-state index contributed by atoms with van der Waals surface area (Å²) in [6.07, 6.45) is 2.10. The van der Waals surface area contributed by atoms with Gasteiger partial charge in [-0.2, -0.15) is 10.5 Å². The van der Waals surface area contributed by atoms with Crippen molar-refractivity contribution in [1.82, 2.24) is 0 Å². The van der Waals surface area contributed by atoms with E-state index in [1.807, 2.05) is 12.1 Å². The lowest BCUT2D eigenvalue weighted by Crippen LogP contribution is -2.25. The van der Waals surface area contributed by atoms with Gasteiger partial charge in [0, 0.05) is 10.4 Å². The van der Waals surface area contributed by atoms with E-state index in [1.165, 1.54) is 0 Å². The Hall–Kier alpha value is -1.84. The number of rotatable bonds is 4. The first-order chi connectivity index (χ1) is 8.61. The summed E-state index contributed by atoms with van der Waals surface area (Å²) in [6, 6.07) is 10.8. The van der Waals surface area contributed by atoms with Crippen molar-refractivity contribution in [3.05, 3.63) is 34.9 Å². The second-order valence-corrected chi connectivity index (χ2v) is 5.08. The number of halogens is 1. The van der Waals surface area contributed by atoms with Crippen molar-refractivity contribution in [3.8, 4) is 12.1 Å². The highest BCUT2D eigenvalue weighted by Gasteiger charge is 2.51. The first kappa shape index (κ1) is 12.6. The predicted molar refractivity (Wildman–Crippen MR) is 66.5 cm³/mol. The minimum Gasteiger partial charge on any atom is -0.296 e. The molecule has 0 amide bonds. The molecular formula is C14H11ClN2O. The van der Waals surface area contributed by atoms with Gasteiger partial charge in [0.2, 0.25) is 0 Å². The molecule has 2 rings (SSSR count).